The highest BCUT2D eigenvalue weighted by Crippen LogP contribution is 2.41. The Bertz CT molecular complexity index is 1100. The van der Waals surface area contributed by atoms with Gasteiger partial charge in [0.15, 0.2) is 5.11 Å². The molecule has 0 spiro atoms. The number of nitrogen functional groups attached to an aromatic ring is 1. The van der Waals surface area contributed by atoms with E-state index >= 15 is 0 Å². The highest BCUT2D eigenvalue weighted by molar-refractivity contribution is 7.80. The minimum absolute atomic E-state index is 0.0628. The van der Waals surface area contributed by atoms with Gasteiger partial charge in [0.05, 0.1) is 24.4 Å². The molecule has 5 rings (SSSR count). The number of hydrogen-bond acceptors (Lipinski definition) is 9. The molecule has 2 saturated heterocycles. The van der Waals surface area contributed by atoms with Crippen LogP contribution >= 0.6 is 12.2 Å². The van der Waals surface area contributed by atoms with Crippen molar-refractivity contribution in [3.63, 3.8) is 0 Å². The Morgan fingerprint density at radius 3 is 2.51 bits per heavy atom. The summed E-state index contributed by atoms with van der Waals surface area (Å²) in [6.45, 7) is 14.3. The monoisotopic (exact) mass is 497 g/mol. The first kappa shape index (κ1) is 23.9. The van der Waals surface area contributed by atoms with E-state index in [-0.39, 0.29) is 17.0 Å². The summed E-state index contributed by atoms with van der Waals surface area (Å²) >= 11 is 5.75. The van der Waals surface area contributed by atoms with Crippen LogP contribution in [0, 0.1) is 0 Å². The van der Waals surface area contributed by atoms with Crippen molar-refractivity contribution in [2.75, 3.05) is 61.5 Å². The number of ether oxygens (including phenoxy) is 1. The van der Waals surface area contributed by atoms with Gasteiger partial charge in [0.25, 0.3) is 0 Å². The van der Waals surface area contributed by atoms with E-state index in [1.165, 1.54) is 0 Å². The predicted molar refractivity (Wildman–Crippen MR) is 142 cm³/mol. The maximum Gasteiger partial charge on any atom is 0.228 e. The maximum atomic E-state index is 5.76. The van der Waals surface area contributed by atoms with Gasteiger partial charge in [-0.3, -0.25) is 0 Å². The lowest BCUT2D eigenvalue weighted by molar-refractivity contribution is 0.122. The van der Waals surface area contributed by atoms with Crippen LogP contribution in [0.3, 0.4) is 0 Å². The van der Waals surface area contributed by atoms with Gasteiger partial charge in [0, 0.05) is 61.8 Å². The number of nitrogens with zero attached hydrogens (tertiary/aromatic N) is 7. The fraction of sp³-hybridized carbons (Fsp3) is 0.625. The van der Waals surface area contributed by atoms with Crippen LogP contribution in [-0.4, -0.2) is 87.0 Å². The third kappa shape index (κ3) is 4.84. The van der Waals surface area contributed by atoms with Crippen molar-refractivity contribution in [2.24, 2.45) is 0 Å². The Balaban J connectivity index is 1.49. The molecule has 0 unspecified atom stereocenters. The van der Waals surface area contributed by atoms with Gasteiger partial charge in [-0.15, -0.1) is 0 Å². The van der Waals surface area contributed by atoms with E-state index in [2.05, 4.69) is 57.7 Å². The molecule has 0 saturated carbocycles. The zero-order valence-corrected chi connectivity index (χ0v) is 21.9. The number of aromatic nitrogens is 4. The van der Waals surface area contributed by atoms with Crippen LogP contribution in [0.15, 0.2) is 12.4 Å². The summed E-state index contributed by atoms with van der Waals surface area (Å²) in [4.78, 5) is 25.5. The molecule has 10 nitrogen and oxygen atoms in total. The second-order valence-corrected chi connectivity index (χ2v) is 11.2. The first-order valence-electron chi connectivity index (χ1n) is 12.3. The molecule has 0 aliphatic carbocycles. The quantitative estimate of drug-likeness (QED) is 0.607. The molecule has 3 aliphatic rings. The molecule has 2 aromatic rings. The number of morpholine rings is 1. The topological polar surface area (TPSA) is 109 Å². The Labute approximate surface area is 212 Å². The summed E-state index contributed by atoms with van der Waals surface area (Å²) in [5.41, 5.74) is 8.51. The number of thiocarbonyl (C=S) groups is 1. The molecule has 0 radical (unpaired) electrons. The minimum atomic E-state index is -0.0829. The summed E-state index contributed by atoms with van der Waals surface area (Å²) in [6, 6.07) is 0. The van der Waals surface area contributed by atoms with Gasteiger partial charge in [0.1, 0.15) is 5.82 Å². The second kappa shape index (κ2) is 9.02. The van der Waals surface area contributed by atoms with Crippen molar-refractivity contribution in [2.45, 2.75) is 51.6 Å². The number of rotatable bonds is 3. The number of fused-ring (bicyclic) bond motifs is 1. The number of nitrogens with two attached hydrogens (primary N) is 1. The first-order valence-corrected chi connectivity index (χ1v) is 12.7. The van der Waals surface area contributed by atoms with Gasteiger partial charge in [-0.05, 0) is 52.8 Å². The van der Waals surface area contributed by atoms with Crippen LogP contribution in [-0.2, 0) is 11.2 Å². The van der Waals surface area contributed by atoms with Gasteiger partial charge in [-0.1, -0.05) is 0 Å². The van der Waals surface area contributed by atoms with Crippen molar-refractivity contribution < 1.29 is 4.74 Å². The fourth-order valence-corrected chi connectivity index (χ4v) is 5.57. The van der Waals surface area contributed by atoms with Crippen molar-refractivity contribution in [3.8, 4) is 11.3 Å². The van der Waals surface area contributed by atoms with E-state index < -0.39 is 0 Å². The summed E-state index contributed by atoms with van der Waals surface area (Å²) < 4.78 is 5.56. The van der Waals surface area contributed by atoms with Gasteiger partial charge in [0.2, 0.25) is 11.9 Å². The van der Waals surface area contributed by atoms with Gasteiger partial charge >= 0.3 is 0 Å². The molecule has 2 fully saturated rings. The molecule has 11 heteroatoms. The zero-order valence-electron chi connectivity index (χ0n) is 21.0. The number of nitrogens with one attached hydrogen (secondary N) is 1. The molecule has 0 bridgehead atoms. The average molecular weight is 498 g/mol. The van der Waals surface area contributed by atoms with Crippen molar-refractivity contribution in [1.29, 1.82) is 0 Å². The van der Waals surface area contributed by atoms with Crippen LogP contribution in [0.1, 0.15) is 39.7 Å². The van der Waals surface area contributed by atoms with Crippen LogP contribution < -0.4 is 20.9 Å². The standard InChI is InChI=1S/C24H35N9OS/c1-23(2,3)30-22(35)32-8-6-24(4,15-32)33-7-5-17-18(16-13-26-20(25)27-14-16)28-21(29-19(17)33)31-9-11-34-12-10-31/h13-14H,5-12,15H2,1-4H3,(H,30,35)(H2,25,26,27)/t24-/m0/s1. The van der Waals surface area contributed by atoms with E-state index in [0.717, 1.165) is 79.3 Å². The van der Waals surface area contributed by atoms with Gasteiger partial charge < -0.3 is 30.5 Å². The molecule has 0 aromatic carbocycles. The molecular formula is C24H35N9OS. The number of hydrogen-bond donors (Lipinski definition) is 2. The van der Waals surface area contributed by atoms with Crippen LogP contribution in [0.2, 0.25) is 0 Å². The van der Waals surface area contributed by atoms with Gasteiger partial charge in [-0.2, -0.15) is 4.98 Å². The van der Waals surface area contributed by atoms with Gasteiger partial charge in [-0.25, -0.2) is 15.0 Å². The Morgan fingerprint density at radius 1 is 1.11 bits per heavy atom. The van der Waals surface area contributed by atoms with E-state index in [0.29, 0.717) is 13.2 Å². The van der Waals surface area contributed by atoms with E-state index in [4.69, 9.17) is 32.7 Å². The number of anilines is 3. The lowest BCUT2D eigenvalue weighted by atomic mass is 9.99. The van der Waals surface area contributed by atoms with Crippen molar-refractivity contribution in [1.82, 2.24) is 30.2 Å². The van der Waals surface area contributed by atoms with Crippen molar-refractivity contribution in [3.05, 3.63) is 18.0 Å². The fourth-order valence-electron chi connectivity index (χ4n) is 5.11. The molecule has 0 amide bonds. The molecule has 3 N–H and O–H groups in total. The lowest BCUT2D eigenvalue weighted by Gasteiger charge is -2.38. The van der Waals surface area contributed by atoms with Crippen LogP contribution in [0.4, 0.5) is 17.7 Å². The normalized spacial score (nSPS) is 22.5. The third-order valence-electron chi connectivity index (χ3n) is 6.93. The van der Waals surface area contributed by atoms with Crippen LogP contribution in [0.25, 0.3) is 11.3 Å². The average Bonchev–Trinajstić information content (AvgIpc) is 3.43. The molecule has 35 heavy (non-hydrogen) atoms. The molecule has 5 heterocycles. The second-order valence-electron chi connectivity index (χ2n) is 10.9. The largest absolute Gasteiger partial charge is 0.378 e. The Hall–Kier alpha value is -2.79. The highest BCUT2D eigenvalue weighted by atomic mass is 32.1. The number of likely N-dealkylation sites (tertiary alicyclic amines) is 1. The van der Waals surface area contributed by atoms with E-state index in [9.17, 15) is 0 Å². The summed E-state index contributed by atoms with van der Waals surface area (Å²) in [7, 11) is 0. The van der Waals surface area contributed by atoms with Crippen molar-refractivity contribution >= 4 is 35.0 Å². The van der Waals surface area contributed by atoms with E-state index in [1.54, 1.807) is 12.4 Å². The SMILES string of the molecule is CC(C)(C)NC(=S)N1CC[C@](C)(N2CCc3c(-c4cnc(N)nc4)nc(N4CCOCC4)nc32)C1. The van der Waals surface area contributed by atoms with Crippen LogP contribution in [0.5, 0.6) is 0 Å². The summed E-state index contributed by atoms with van der Waals surface area (Å²) in [5, 5.41) is 4.28. The first-order chi connectivity index (χ1) is 16.6. The Morgan fingerprint density at radius 2 is 1.83 bits per heavy atom. The smallest absolute Gasteiger partial charge is 0.228 e. The maximum absolute atomic E-state index is 5.76. The molecule has 1 atom stereocenters. The Kier molecular flexibility index (Phi) is 6.16. The predicted octanol–water partition coefficient (Wildman–Crippen LogP) is 1.85. The lowest BCUT2D eigenvalue weighted by Crippen LogP contribution is -2.52. The molecule has 2 aromatic heterocycles. The zero-order chi connectivity index (χ0) is 24.8. The molecule has 188 valence electrons. The summed E-state index contributed by atoms with van der Waals surface area (Å²) in [6.07, 6.45) is 5.40. The molecular weight excluding hydrogens is 462 g/mol. The third-order valence-corrected chi connectivity index (χ3v) is 7.29. The minimum Gasteiger partial charge on any atom is -0.378 e. The molecule has 3 aliphatic heterocycles. The summed E-state index contributed by atoms with van der Waals surface area (Å²) in [5.74, 6) is 1.99. The highest BCUT2D eigenvalue weighted by Gasteiger charge is 2.44. The van der Waals surface area contributed by atoms with E-state index in [1.807, 2.05) is 0 Å².